The predicted molar refractivity (Wildman–Crippen MR) is 140 cm³/mol. The first-order valence-corrected chi connectivity index (χ1v) is 12.7. The van der Waals surface area contributed by atoms with Crippen LogP contribution in [0.1, 0.15) is 58.8 Å². The van der Waals surface area contributed by atoms with E-state index in [-0.39, 0.29) is 34.2 Å². The highest BCUT2D eigenvalue weighted by molar-refractivity contribution is 6.30. The van der Waals surface area contributed by atoms with E-state index in [1.54, 1.807) is 18.2 Å². The Morgan fingerprint density at radius 2 is 2.08 bits per heavy atom. The first-order chi connectivity index (χ1) is 18.4. The van der Waals surface area contributed by atoms with Gasteiger partial charge in [0, 0.05) is 23.2 Å². The number of rotatable bonds is 7. The Morgan fingerprint density at radius 3 is 2.89 bits per heavy atom. The van der Waals surface area contributed by atoms with Crippen LogP contribution in [0.5, 0.6) is 5.75 Å². The van der Waals surface area contributed by atoms with Gasteiger partial charge in [-0.1, -0.05) is 17.7 Å². The van der Waals surface area contributed by atoms with Crippen molar-refractivity contribution in [3.8, 4) is 11.4 Å². The van der Waals surface area contributed by atoms with Crippen LogP contribution in [-0.4, -0.2) is 49.6 Å². The quantitative estimate of drug-likeness (QED) is 0.329. The molecule has 1 aliphatic heterocycles. The zero-order chi connectivity index (χ0) is 26.6. The highest BCUT2D eigenvalue weighted by atomic mass is 35.5. The molecule has 11 heteroatoms. The molecule has 4 aromatic rings. The van der Waals surface area contributed by atoms with Gasteiger partial charge >= 0.3 is 0 Å². The van der Waals surface area contributed by atoms with Crippen molar-refractivity contribution in [3.63, 3.8) is 0 Å². The van der Waals surface area contributed by atoms with Crippen LogP contribution in [0.3, 0.4) is 0 Å². The lowest BCUT2D eigenvalue weighted by molar-refractivity contribution is 0.0605. The van der Waals surface area contributed by atoms with Crippen molar-refractivity contribution in [1.82, 2.24) is 24.6 Å². The Balaban J connectivity index is 1.33. The number of carbonyl (C=O) groups is 2. The van der Waals surface area contributed by atoms with Gasteiger partial charge in [-0.2, -0.15) is 5.10 Å². The molecule has 1 fully saturated rings. The van der Waals surface area contributed by atoms with Crippen LogP contribution in [0.2, 0.25) is 5.02 Å². The number of amides is 2. The molecule has 38 heavy (non-hydrogen) atoms. The van der Waals surface area contributed by atoms with Gasteiger partial charge in [0.15, 0.2) is 5.82 Å². The first-order valence-electron chi connectivity index (χ1n) is 12.3. The van der Waals surface area contributed by atoms with Crippen molar-refractivity contribution in [2.45, 2.75) is 32.2 Å². The molecule has 1 saturated heterocycles. The lowest BCUT2D eigenvalue weighted by Crippen LogP contribution is -2.38. The lowest BCUT2D eigenvalue weighted by Gasteiger charge is -2.35. The zero-order valence-electron chi connectivity index (χ0n) is 20.7. The van der Waals surface area contributed by atoms with Crippen molar-refractivity contribution < 1.29 is 18.7 Å². The fourth-order valence-corrected chi connectivity index (χ4v) is 4.79. The van der Waals surface area contributed by atoms with Crippen LogP contribution in [0.25, 0.3) is 5.69 Å². The van der Waals surface area contributed by atoms with Crippen LogP contribution in [0.4, 0.5) is 10.2 Å². The fourth-order valence-electron chi connectivity index (χ4n) is 4.63. The standard InChI is InChI=1S/C27H26ClFN6O3/c1-2-38-19-7-5-6-17(12-19)27(37)34-11-4-3-8-23(34)21-14-25(33-32-21)31-26(36)24-15-30-16-35(24)22-10-9-18(28)13-20(22)29/h5-7,9-10,12-16,23H,2-4,8,11H2,1H3,(H2,31,32,33,36). The largest absolute Gasteiger partial charge is 0.494 e. The van der Waals surface area contributed by atoms with E-state index < -0.39 is 11.7 Å². The summed E-state index contributed by atoms with van der Waals surface area (Å²) in [4.78, 5) is 32.3. The molecule has 2 amide bonds. The normalized spacial score (nSPS) is 15.3. The van der Waals surface area contributed by atoms with E-state index in [4.69, 9.17) is 16.3 Å². The summed E-state index contributed by atoms with van der Waals surface area (Å²) in [5.41, 5.74) is 1.54. The molecular formula is C27H26ClFN6O3. The van der Waals surface area contributed by atoms with E-state index in [0.717, 1.165) is 19.3 Å². The second-order valence-electron chi connectivity index (χ2n) is 8.88. The van der Waals surface area contributed by atoms with E-state index in [1.165, 1.54) is 35.3 Å². The van der Waals surface area contributed by atoms with Crippen LogP contribution < -0.4 is 10.1 Å². The lowest BCUT2D eigenvalue weighted by atomic mass is 9.98. The number of nitrogens with one attached hydrogen (secondary N) is 2. The number of halogens is 2. The molecule has 9 nitrogen and oxygen atoms in total. The van der Waals surface area contributed by atoms with Crippen LogP contribution >= 0.6 is 11.6 Å². The minimum Gasteiger partial charge on any atom is -0.494 e. The Bertz CT molecular complexity index is 1470. The number of aromatic nitrogens is 4. The van der Waals surface area contributed by atoms with E-state index in [2.05, 4.69) is 20.5 Å². The summed E-state index contributed by atoms with van der Waals surface area (Å²) in [6.45, 7) is 3.02. The van der Waals surface area contributed by atoms with Crippen molar-refractivity contribution >= 4 is 29.2 Å². The third kappa shape index (κ3) is 5.26. The van der Waals surface area contributed by atoms with Crippen molar-refractivity contribution in [2.24, 2.45) is 0 Å². The van der Waals surface area contributed by atoms with Gasteiger partial charge in [0.25, 0.3) is 11.8 Å². The monoisotopic (exact) mass is 536 g/mol. The number of nitrogens with zero attached hydrogens (tertiary/aromatic N) is 4. The molecule has 3 heterocycles. The molecule has 1 unspecified atom stereocenters. The molecule has 0 saturated carbocycles. The Hall–Kier alpha value is -4.18. The van der Waals surface area contributed by atoms with E-state index in [0.29, 0.717) is 30.2 Å². The molecule has 2 N–H and O–H groups in total. The van der Waals surface area contributed by atoms with Gasteiger partial charge in [-0.25, -0.2) is 9.37 Å². The maximum Gasteiger partial charge on any atom is 0.275 e. The van der Waals surface area contributed by atoms with Crippen LogP contribution in [-0.2, 0) is 0 Å². The molecule has 1 aliphatic rings. The van der Waals surface area contributed by atoms with Crippen molar-refractivity contribution in [3.05, 3.63) is 88.8 Å². The van der Waals surface area contributed by atoms with Gasteiger partial charge in [0.2, 0.25) is 0 Å². The Morgan fingerprint density at radius 1 is 1.21 bits per heavy atom. The average Bonchev–Trinajstić information content (AvgIpc) is 3.59. The average molecular weight is 537 g/mol. The summed E-state index contributed by atoms with van der Waals surface area (Å²) in [5, 5.41) is 10.2. The van der Waals surface area contributed by atoms with Crippen LogP contribution in [0.15, 0.2) is 61.1 Å². The van der Waals surface area contributed by atoms with Gasteiger partial charge in [-0.15, -0.1) is 0 Å². The van der Waals surface area contributed by atoms with Crippen molar-refractivity contribution in [2.75, 3.05) is 18.5 Å². The molecule has 0 aliphatic carbocycles. The number of benzene rings is 2. The summed E-state index contributed by atoms with van der Waals surface area (Å²) < 4.78 is 21.4. The summed E-state index contributed by atoms with van der Waals surface area (Å²) in [6, 6.07) is 12.8. The highest BCUT2D eigenvalue weighted by Crippen LogP contribution is 2.32. The smallest absolute Gasteiger partial charge is 0.275 e. The SMILES string of the molecule is CCOc1cccc(C(=O)N2CCCCC2c2cc(NC(=O)c3cncn3-c3ccc(Cl)cc3F)n[nH]2)c1. The molecular weight excluding hydrogens is 511 g/mol. The van der Waals surface area contributed by atoms with Gasteiger partial charge < -0.3 is 15.0 Å². The van der Waals surface area contributed by atoms with E-state index >= 15 is 0 Å². The minimum absolute atomic E-state index is 0.0923. The van der Waals surface area contributed by atoms with E-state index in [1.807, 2.05) is 24.0 Å². The molecule has 196 valence electrons. The third-order valence-electron chi connectivity index (χ3n) is 6.39. The molecule has 1 atom stereocenters. The number of anilines is 1. The summed E-state index contributed by atoms with van der Waals surface area (Å²) in [7, 11) is 0. The number of hydrogen-bond acceptors (Lipinski definition) is 5. The molecule has 0 radical (unpaired) electrons. The minimum atomic E-state index is -0.583. The number of ether oxygens (including phenoxy) is 1. The van der Waals surface area contributed by atoms with Crippen LogP contribution in [0, 0.1) is 5.82 Å². The number of H-pyrrole nitrogens is 1. The maximum absolute atomic E-state index is 14.5. The zero-order valence-corrected chi connectivity index (χ0v) is 21.4. The topological polar surface area (TPSA) is 105 Å². The number of carbonyl (C=O) groups excluding carboxylic acids is 2. The van der Waals surface area contributed by atoms with Gasteiger partial charge in [-0.05, 0) is 62.6 Å². The maximum atomic E-state index is 14.5. The number of imidazole rings is 1. The summed E-state index contributed by atoms with van der Waals surface area (Å²) in [5.74, 6) is -0.258. The van der Waals surface area contributed by atoms with Crippen molar-refractivity contribution in [1.29, 1.82) is 0 Å². The molecule has 5 rings (SSSR count). The fraction of sp³-hybridized carbons (Fsp3) is 0.259. The molecule has 2 aromatic carbocycles. The summed E-state index contributed by atoms with van der Waals surface area (Å²) in [6.07, 6.45) is 5.31. The number of piperidine rings is 1. The number of hydrogen-bond donors (Lipinski definition) is 2. The van der Waals surface area contributed by atoms with Gasteiger partial charge in [-0.3, -0.25) is 19.3 Å². The second-order valence-corrected chi connectivity index (χ2v) is 9.31. The predicted octanol–water partition coefficient (Wildman–Crippen LogP) is 5.41. The molecule has 0 bridgehead atoms. The Labute approximate surface area is 223 Å². The number of likely N-dealkylation sites (tertiary alicyclic amines) is 1. The number of aromatic amines is 1. The summed E-state index contributed by atoms with van der Waals surface area (Å²) >= 11 is 5.85. The van der Waals surface area contributed by atoms with Gasteiger partial charge in [0.1, 0.15) is 17.3 Å². The second kappa shape index (κ2) is 11.1. The van der Waals surface area contributed by atoms with E-state index in [9.17, 15) is 14.0 Å². The molecule has 2 aromatic heterocycles. The first kappa shape index (κ1) is 25.5. The highest BCUT2D eigenvalue weighted by Gasteiger charge is 2.30. The molecule has 0 spiro atoms. The third-order valence-corrected chi connectivity index (χ3v) is 6.63. The Kier molecular flexibility index (Phi) is 7.41. The van der Waals surface area contributed by atoms with Gasteiger partial charge in [0.05, 0.1) is 36.6 Å².